The highest BCUT2D eigenvalue weighted by molar-refractivity contribution is 6.34. The molecule has 2 atom stereocenters. The van der Waals surface area contributed by atoms with Gasteiger partial charge in [0.05, 0.1) is 11.5 Å². The predicted molar refractivity (Wildman–Crippen MR) is 118 cm³/mol. The highest BCUT2D eigenvalue weighted by atomic mass is 35.5. The summed E-state index contributed by atoms with van der Waals surface area (Å²) in [5.74, 6) is 0.125. The van der Waals surface area contributed by atoms with Crippen LogP contribution >= 0.6 is 11.6 Å². The minimum atomic E-state index is -0.793. The molecule has 10 nitrogen and oxygen atoms in total. The molecule has 2 unspecified atom stereocenters. The Morgan fingerprint density at radius 3 is 2.38 bits per heavy atom. The first-order valence-corrected chi connectivity index (χ1v) is 10.9. The molecule has 0 aliphatic carbocycles. The number of hydrogen-bond acceptors (Lipinski definition) is 7. The van der Waals surface area contributed by atoms with Crippen molar-refractivity contribution in [3.63, 3.8) is 0 Å². The Labute approximate surface area is 191 Å². The molecule has 0 saturated carbocycles. The fourth-order valence-electron chi connectivity index (χ4n) is 4.18. The summed E-state index contributed by atoms with van der Waals surface area (Å²) in [6.45, 7) is 9.85. The molecular formula is C21H29ClN4O6. The number of halogens is 1. The monoisotopic (exact) mass is 468 g/mol. The van der Waals surface area contributed by atoms with Crippen molar-refractivity contribution in [2.45, 2.75) is 32.8 Å². The first-order chi connectivity index (χ1) is 14.9. The van der Waals surface area contributed by atoms with Gasteiger partial charge in [0.15, 0.2) is 5.02 Å². The maximum absolute atomic E-state index is 12.3. The fourth-order valence-corrected chi connectivity index (χ4v) is 4.41. The van der Waals surface area contributed by atoms with Gasteiger partial charge in [-0.25, -0.2) is 4.79 Å². The van der Waals surface area contributed by atoms with Gasteiger partial charge in [0, 0.05) is 44.4 Å². The second-order valence-electron chi connectivity index (χ2n) is 9.30. The minimum absolute atomic E-state index is 0.0296. The summed E-state index contributed by atoms with van der Waals surface area (Å²) in [5, 5.41) is 11.0. The first kappa shape index (κ1) is 24.1. The number of amides is 2. The average Bonchev–Trinajstić information content (AvgIpc) is 3.23. The number of nitro groups is 1. The number of nitrogens with two attached hydrogens (primary N) is 1. The van der Waals surface area contributed by atoms with Gasteiger partial charge < -0.3 is 25.0 Å². The molecule has 1 aromatic carbocycles. The molecule has 2 fully saturated rings. The van der Waals surface area contributed by atoms with E-state index in [-0.39, 0.29) is 29.0 Å². The molecule has 1 aromatic rings. The molecule has 32 heavy (non-hydrogen) atoms. The molecule has 0 radical (unpaired) electrons. The third-order valence-corrected chi connectivity index (χ3v) is 5.97. The topological polar surface area (TPSA) is 128 Å². The lowest BCUT2D eigenvalue weighted by atomic mass is 10.0. The lowest BCUT2D eigenvalue weighted by Crippen LogP contribution is -2.37. The Morgan fingerprint density at radius 2 is 1.84 bits per heavy atom. The van der Waals surface area contributed by atoms with Crippen LogP contribution in [0.15, 0.2) is 12.1 Å². The molecule has 2 heterocycles. The molecule has 2 aliphatic rings. The fraction of sp³-hybridized carbons (Fsp3) is 0.619. The zero-order valence-electron chi connectivity index (χ0n) is 18.5. The van der Waals surface area contributed by atoms with Crippen molar-refractivity contribution in [2.24, 2.45) is 17.6 Å². The molecule has 2 amide bonds. The van der Waals surface area contributed by atoms with Gasteiger partial charge in [-0.05, 0) is 45.1 Å². The summed E-state index contributed by atoms with van der Waals surface area (Å²) in [4.78, 5) is 38.3. The number of carbonyl (C=O) groups excluding carboxylic acids is 2. The molecule has 2 aliphatic heterocycles. The quantitative estimate of drug-likeness (QED) is 0.370. The van der Waals surface area contributed by atoms with Crippen LogP contribution in [0.4, 0.5) is 10.5 Å². The van der Waals surface area contributed by atoms with Gasteiger partial charge in [-0.2, -0.15) is 0 Å². The highest BCUT2D eigenvalue weighted by Crippen LogP contribution is 2.35. The SMILES string of the molecule is CC(C)(C)OC(=O)N1CC2CN(CCCOc3cc(C(N)=O)cc([N+](=O)[O-])c3Cl)CC2C1. The van der Waals surface area contributed by atoms with E-state index in [1.165, 1.54) is 6.07 Å². The summed E-state index contributed by atoms with van der Waals surface area (Å²) in [5.41, 5.74) is 4.30. The Morgan fingerprint density at radius 1 is 1.22 bits per heavy atom. The van der Waals surface area contributed by atoms with Crippen LogP contribution < -0.4 is 10.5 Å². The largest absolute Gasteiger partial charge is 0.492 e. The van der Waals surface area contributed by atoms with Crippen LogP contribution in [0.3, 0.4) is 0 Å². The zero-order chi connectivity index (χ0) is 23.6. The van der Waals surface area contributed by atoms with E-state index < -0.39 is 22.1 Å². The molecule has 0 bridgehead atoms. The summed E-state index contributed by atoms with van der Waals surface area (Å²) in [6.07, 6.45) is 0.427. The average molecular weight is 469 g/mol. The van der Waals surface area contributed by atoms with Gasteiger partial charge in [0.2, 0.25) is 5.91 Å². The lowest BCUT2D eigenvalue weighted by Gasteiger charge is -2.26. The smallest absolute Gasteiger partial charge is 0.410 e. The van der Waals surface area contributed by atoms with E-state index in [4.69, 9.17) is 26.8 Å². The number of primary amides is 1. The summed E-state index contributed by atoms with van der Waals surface area (Å²) >= 11 is 6.06. The van der Waals surface area contributed by atoms with E-state index in [1.807, 2.05) is 20.8 Å². The lowest BCUT2D eigenvalue weighted by molar-refractivity contribution is -0.384. The number of carbonyl (C=O) groups is 2. The van der Waals surface area contributed by atoms with E-state index >= 15 is 0 Å². The number of likely N-dealkylation sites (tertiary alicyclic amines) is 2. The maximum Gasteiger partial charge on any atom is 0.410 e. The molecule has 2 saturated heterocycles. The number of ether oxygens (including phenoxy) is 2. The number of benzene rings is 1. The maximum atomic E-state index is 12.3. The van der Waals surface area contributed by atoms with Gasteiger partial charge in [-0.15, -0.1) is 0 Å². The number of nitrogens with zero attached hydrogens (tertiary/aromatic N) is 3. The molecule has 3 rings (SSSR count). The first-order valence-electron chi connectivity index (χ1n) is 10.6. The third kappa shape index (κ3) is 5.80. The Bertz CT molecular complexity index is 889. The Kier molecular flexibility index (Phi) is 7.14. The van der Waals surface area contributed by atoms with Crippen LogP contribution in [0.5, 0.6) is 5.75 Å². The Hall–Kier alpha value is -2.59. The normalized spacial score (nSPS) is 20.8. The zero-order valence-corrected chi connectivity index (χ0v) is 19.3. The summed E-state index contributed by atoms with van der Waals surface area (Å²) in [7, 11) is 0. The molecule has 2 N–H and O–H groups in total. The van der Waals surface area contributed by atoms with E-state index in [2.05, 4.69) is 4.90 Å². The van der Waals surface area contributed by atoms with Crippen molar-refractivity contribution in [3.8, 4) is 5.75 Å². The van der Waals surface area contributed by atoms with E-state index in [0.717, 1.165) is 25.7 Å². The molecule has 176 valence electrons. The second-order valence-corrected chi connectivity index (χ2v) is 9.67. The van der Waals surface area contributed by atoms with Crippen molar-refractivity contribution >= 4 is 29.3 Å². The van der Waals surface area contributed by atoms with Crippen LogP contribution in [-0.2, 0) is 4.74 Å². The van der Waals surface area contributed by atoms with Crippen LogP contribution in [-0.4, -0.2) is 71.7 Å². The van der Waals surface area contributed by atoms with E-state index in [9.17, 15) is 19.7 Å². The van der Waals surface area contributed by atoms with Crippen molar-refractivity contribution < 1.29 is 24.0 Å². The van der Waals surface area contributed by atoms with Crippen molar-refractivity contribution in [2.75, 3.05) is 39.3 Å². The number of rotatable bonds is 7. The standard InChI is InChI=1S/C21H29ClN4O6/c1-21(2,3)32-20(28)25-11-14-9-24(10-15(14)12-25)5-4-6-31-17-8-13(19(23)27)7-16(18(17)22)26(29)30/h7-8,14-15H,4-6,9-12H2,1-3H3,(H2,23,27). The van der Waals surface area contributed by atoms with Gasteiger partial charge >= 0.3 is 6.09 Å². The molecular weight excluding hydrogens is 440 g/mol. The van der Waals surface area contributed by atoms with E-state index in [0.29, 0.717) is 31.3 Å². The number of nitro benzene ring substituents is 1. The van der Waals surface area contributed by atoms with Crippen molar-refractivity contribution in [1.29, 1.82) is 0 Å². The van der Waals surface area contributed by atoms with Crippen LogP contribution in [0.2, 0.25) is 5.02 Å². The van der Waals surface area contributed by atoms with E-state index in [1.54, 1.807) is 4.90 Å². The van der Waals surface area contributed by atoms with Crippen LogP contribution in [0, 0.1) is 22.0 Å². The summed E-state index contributed by atoms with van der Waals surface area (Å²) < 4.78 is 11.1. The van der Waals surface area contributed by atoms with Crippen LogP contribution in [0.25, 0.3) is 0 Å². The van der Waals surface area contributed by atoms with Crippen molar-refractivity contribution in [1.82, 2.24) is 9.80 Å². The van der Waals surface area contributed by atoms with Gasteiger partial charge in [0.1, 0.15) is 11.4 Å². The van der Waals surface area contributed by atoms with Gasteiger partial charge in [-0.3, -0.25) is 14.9 Å². The summed E-state index contributed by atoms with van der Waals surface area (Å²) in [6, 6.07) is 2.37. The predicted octanol–water partition coefficient (Wildman–Crippen LogP) is 2.91. The van der Waals surface area contributed by atoms with Gasteiger partial charge in [-0.1, -0.05) is 11.6 Å². The highest BCUT2D eigenvalue weighted by Gasteiger charge is 2.42. The molecule has 0 spiro atoms. The Balaban J connectivity index is 1.46. The molecule has 0 aromatic heterocycles. The van der Waals surface area contributed by atoms with Gasteiger partial charge in [0.25, 0.3) is 5.69 Å². The third-order valence-electron chi connectivity index (χ3n) is 5.59. The van der Waals surface area contributed by atoms with Crippen molar-refractivity contribution in [3.05, 3.63) is 32.8 Å². The minimum Gasteiger partial charge on any atom is -0.492 e. The number of hydrogen-bond donors (Lipinski definition) is 1. The molecule has 11 heteroatoms. The second kappa shape index (κ2) is 9.50. The number of fused-ring (bicyclic) bond motifs is 1. The van der Waals surface area contributed by atoms with Crippen LogP contribution in [0.1, 0.15) is 37.6 Å².